The van der Waals surface area contributed by atoms with Crippen LogP contribution in [0.4, 0.5) is 10.5 Å². The number of anilines is 1. The summed E-state index contributed by atoms with van der Waals surface area (Å²) in [5.74, 6) is 0. The van der Waals surface area contributed by atoms with Crippen molar-refractivity contribution >= 4 is 39.0 Å². The van der Waals surface area contributed by atoms with E-state index in [4.69, 9.17) is 4.74 Å². The first-order chi connectivity index (χ1) is 10.9. The maximum Gasteiger partial charge on any atom is 0.419 e. The molecule has 0 amide bonds. The molecule has 0 atom stereocenters. The minimum atomic E-state index is -3.54. The molecule has 1 aromatic heterocycles. The highest BCUT2D eigenvalue weighted by molar-refractivity contribution is 7.92. The lowest BCUT2D eigenvalue weighted by molar-refractivity contribution is 0.0544. The maximum atomic E-state index is 12.3. The zero-order chi connectivity index (χ0) is 18.3. The van der Waals surface area contributed by atoms with Gasteiger partial charge >= 0.3 is 6.09 Å². The Hall–Kier alpha value is -2.35. The Balaban J connectivity index is 2.66. The SMILES string of the molecule is Cc1cc(NS(C)(=O)=O)c(C=O)c2ccn(C(=O)OC(C)(C)C)c12. The zero-order valence-corrected chi connectivity index (χ0v) is 15.0. The summed E-state index contributed by atoms with van der Waals surface area (Å²) in [6.07, 6.45) is 2.51. The van der Waals surface area contributed by atoms with Crippen LogP contribution < -0.4 is 4.72 Å². The fourth-order valence-electron chi connectivity index (χ4n) is 2.43. The van der Waals surface area contributed by atoms with Gasteiger partial charge in [-0.1, -0.05) is 0 Å². The summed E-state index contributed by atoms with van der Waals surface area (Å²) in [6, 6.07) is 3.11. The molecule has 1 N–H and O–H groups in total. The summed E-state index contributed by atoms with van der Waals surface area (Å²) < 4.78 is 32.0. The Morgan fingerprint density at radius 2 is 1.96 bits per heavy atom. The number of fused-ring (bicyclic) bond motifs is 1. The summed E-state index contributed by atoms with van der Waals surface area (Å²) in [6.45, 7) is 7.00. The van der Waals surface area contributed by atoms with Gasteiger partial charge in [-0.3, -0.25) is 14.1 Å². The Morgan fingerprint density at radius 3 is 2.46 bits per heavy atom. The first-order valence-corrected chi connectivity index (χ1v) is 9.13. The number of aldehydes is 1. The molecular formula is C16H20N2O5S. The molecule has 0 saturated heterocycles. The summed E-state index contributed by atoms with van der Waals surface area (Å²) in [7, 11) is -3.54. The van der Waals surface area contributed by atoms with Crippen molar-refractivity contribution in [1.82, 2.24) is 4.57 Å². The van der Waals surface area contributed by atoms with Crippen LogP contribution in [0, 0.1) is 6.92 Å². The lowest BCUT2D eigenvalue weighted by atomic mass is 10.1. The van der Waals surface area contributed by atoms with Crippen LogP contribution in [0.2, 0.25) is 0 Å². The molecular weight excluding hydrogens is 332 g/mol. The first-order valence-electron chi connectivity index (χ1n) is 7.24. The van der Waals surface area contributed by atoms with E-state index in [0.717, 1.165) is 6.26 Å². The maximum absolute atomic E-state index is 12.3. The zero-order valence-electron chi connectivity index (χ0n) is 14.2. The van der Waals surface area contributed by atoms with Gasteiger partial charge in [-0.05, 0) is 45.4 Å². The standard InChI is InChI=1S/C16H20N2O5S/c1-10-8-13(17-24(5,21)22)12(9-19)11-6-7-18(14(10)11)15(20)23-16(2,3)4/h6-9,17H,1-5H3. The number of ether oxygens (including phenoxy) is 1. The van der Waals surface area contributed by atoms with Crippen LogP contribution in [0.3, 0.4) is 0 Å². The van der Waals surface area contributed by atoms with Crippen LogP contribution in [0.1, 0.15) is 36.7 Å². The van der Waals surface area contributed by atoms with Crippen molar-refractivity contribution in [3.8, 4) is 0 Å². The summed E-state index contributed by atoms with van der Waals surface area (Å²) in [5.41, 5.74) is 0.832. The third-order valence-electron chi connectivity index (χ3n) is 3.20. The van der Waals surface area contributed by atoms with Crippen LogP contribution >= 0.6 is 0 Å². The van der Waals surface area contributed by atoms with Crippen LogP contribution in [0.15, 0.2) is 18.3 Å². The van der Waals surface area contributed by atoms with Gasteiger partial charge in [0.15, 0.2) is 6.29 Å². The molecule has 0 saturated carbocycles. The Labute approximate surface area is 140 Å². The number of carbonyl (C=O) groups is 2. The fourth-order valence-corrected chi connectivity index (χ4v) is 3.00. The quantitative estimate of drug-likeness (QED) is 0.857. The van der Waals surface area contributed by atoms with Crippen LogP contribution in [-0.2, 0) is 14.8 Å². The number of rotatable bonds is 3. The Bertz CT molecular complexity index is 920. The van der Waals surface area contributed by atoms with E-state index in [1.54, 1.807) is 33.8 Å². The number of aryl methyl sites for hydroxylation is 1. The predicted molar refractivity (Wildman–Crippen MR) is 92.2 cm³/mol. The Morgan fingerprint density at radius 1 is 1.33 bits per heavy atom. The molecule has 0 aliphatic carbocycles. The van der Waals surface area contributed by atoms with E-state index in [1.807, 2.05) is 0 Å². The van der Waals surface area contributed by atoms with Gasteiger partial charge in [-0.25, -0.2) is 13.2 Å². The van der Waals surface area contributed by atoms with E-state index < -0.39 is 21.7 Å². The molecule has 0 aliphatic rings. The molecule has 0 fully saturated rings. The van der Waals surface area contributed by atoms with Crippen molar-refractivity contribution in [3.05, 3.63) is 29.5 Å². The number of nitrogens with zero attached hydrogens (tertiary/aromatic N) is 1. The second-order valence-corrected chi connectivity index (χ2v) is 8.32. The van der Waals surface area contributed by atoms with Gasteiger partial charge in [0, 0.05) is 17.1 Å². The summed E-state index contributed by atoms with van der Waals surface area (Å²) >= 11 is 0. The van der Waals surface area contributed by atoms with Crippen molar-refractivity contribution < 1.29 is 22.7 Å². The monoisotopic (exact) mass is 352 g/mol. The predicted octanol–water partition coefficient (Wildman–Crippen LogP) is 2.92. The van der Waals surface area contributed by atoms with Crippen LogP contribution in [0.25, 0.3) is 10.9 Å². The third-order valence-corrected chi connectivity index (χ3v) is 3.80. The first kappa shape index (κ1) is 18.0. The lowest BCUT2D eigenvalue weighted by Crippen LogP contribution is -2.26. The van der Waals surface area contributed by atoms with Gasteiger partial charge in [0.05, 0.1) is 17.5 Å². The highest BCUT2D eigenvalue weighted by Gasteiger charge is 2.22. The molecule has 0 bridgehead atoms. The number of hydrogen-bond donors (Lipinski definition) is 1. The molecule has 0 spiro atoms. The van der Waals surface area contributed by atoms with E-state index in [2.05, 4.69) is 4.72 Å². The average Bonchev–Trinajstić information content (AvgIpc) is 2.80. The number of nitrogens with one attached hydrogen (secondary N) is 1. The third kappa shape index (κ3) is 3.76. The molecule has 1 aromatic carbocycles. The van der Waals surface area contributed by atoms with Crippen molar-refractivity contribution in [3.63, 3.8) is 0 Å². The number of sulfonamides is 1. The molecule has 2 aromatic rings. The highest BCUT2D eigenvalue weighted by atomic mass is 32.2. The molecule has 0 aliphatic heterocycles. The van der Waals surface area contributed by atoms with E-state index in [1.165, 1.54) is 16.8 Å². The van der Waals surface area contributed by atoms with Gasteiger partial charge in [0.1, 0.15) is 5.60 Å². The second kappa shape index (κ2) is 5.94. The average molecular weight is 352 g/mol. The molecule has 1 heterocycles. The van der Waals surface area contributed by atoms with Gasteiger partial charge < -0.3 is 4.74 Å². The number of carbonyl (C=O) groups excluding carboxylic acids is 2. The Kier molecular flexibility index (Phi) is 4.45. The van der Waals surface area contributed by atoms with Crippen molar-refractivity contribution in [2.45, 2.75) is 33.3 Å². The number of aromatic nitrogens is 1. The van der Waals surface area contributed by atoms with Gasteiger partial charge in [0.2, 0.25) is 10.0 Å². The van der Waals surface area contributed by atoms with Crippen molar-refractivity contribution in [1.29, 1.82) is 0 Å². The van der Waals surface area contributed by atoms with Gasteiger partial charge in [0.25, 0.3) is 0 Å². The smallest absolute Gasteiger partial charge is 0.419 e. The summed E-state index contributed by atoms with van der Waals surface area (Å²) in [4.78, 5) is 23.8. The van der Waals surface area contributed by atoms with Gasteiger partial charge in [-0.2, -0.15) is 0 Å². The minimum Gasteiger partial charge on any atom is -0.443 e. The van der Waals surface area contributed by atoms with Crippen molar-refractivity contribution in [2.24, 2.45) is 0 Å². The van der Waals surface area contributed by atoms with E-state index in [9.17, 15) is 18.0 Å². The second-order valence-electron chi connectivity index (χ2n) is 6.58. The fraction of sp³-hybridized carbons (Fsp3) is 0.375. The van der Waals surface area contributed by atoms with Gasteiger partial charge in [-0.15, -0.1) is 0 Å². The molecule has 24 heavy (non-hydrogen) atoms. The van der Waals surface area contributed by atoms with E-state index in [-0.39, 0.29) is 11.3 Å². The molecule has 8 heteroatoms. The topological polar surface area (TPSA) is 94.5 Å². The molecule has 0 radical (unpaired) electrons. The van der Waals surface area contributed by atoms with E-state index >= 15 is 0 Å². The molecule has 130 valence electrons. The lowest BCUT2D eigenvalue weighted by Gasteiger charge is -2.20. The van der Waals surface area contributed by atoms with Crippen molar-refractivity contribution in [2.75, 3.05) is 11.0 Å². The number of benzene rings is 1. The summed E-state index contributed by atoms with van der Waals surface area (Å²) in [5, 5.41) is 0.474. The number of hydrogen-bond acceptors (Lipinski definition) is 5. The normalized spacial score (nSPS) is 12.2. The largest absolute Gasteiger partial charge is 0.443 e. The highest BCUT2D eigenvalue weighted by Crippen LogP contribution is 2.30. The van der Waals surface area contributed by atoms with Crippen LogP contribution in [0.5, 0.6) is 0 Å². The van der Waals surface area contributed by atoms with E-state index in [0.29, 0.717) is 22.8 Å². The van der Waals surface area contributed by atoms with Crippen LogP contribution in [-0.4, -0.2) is 37.2 Å². The molecule has 0 unspecified atom stereocenters. The molecule has 7 nitrogen and oxygen atoms in total. The minimum absolute atomic E-state index is 0.170. The molecule has 2 rings (SSSR count).